The number of benzene rings is 1. The maximum atomic E-state index is 12.9. The van der Waals surface area contributed by atoms with Gasteiger partial charge in [-0.1, -0.05) is 18.6 Å². The molecule has 3 fully saturated rings. The van der Waals surface area contributed by atoms with Crippen LogP contribution in [0.4, 0.5) is 36.8 Å². The number of alkyl halides is 6. The zero-order valence-corrected chi connectivity index (χ0v) is 22.0. The average molecular weight is 574 g/mol. The van der Waals surface area contributed by atoms with E-state index in [9.17, 15) is 36.2 Å². The summed E-state index contributed by atoms with van der Waals surface area (Å²) in [5, 5.41) is 9.79. The van der Waals surface area contributed by atoms with Gasteiger partial charge in [-0.2, -0.15) is 26.3 Å². The number of carbonyl (C=O) groups excluding carboxylic acids is 1. The molecule has 0 saturated carbocycles. The van der Waals surface area contributed by atoms with Gasteiger partial charge in [0, 0.05) is 55.4 Å². The molecule has 1 N–H and O–H groups in total. The van der Waals surface area contributed by atoms with Crippen LogP contribution in [0.3, 0.4) is 0 Å². The number of nitrogens with zero attached hydrogens (tertiary/aromatic N) is 3. The molecular formula is C28H33F6N3O3. The van der Waals surface area contributed by atoms with E-state index in [1.54, 1.807) is 0 Å². The topological polar surface area (TPSA) is 56.2 Å². The molecule has 12 heteroatoms. The van der Waals surface area contributed by atoms with Crippen LogP contribution in [-0.2, 0) is 11.3 Å². The van der Waals surface area contributed by atoms with Crippen molar-refractivity contribution < 1.29 is 41.0 Å². The average Bonchev–Trinajstić information content (AvgIpc) is 3.27. The van der Waals surface area contributed by atoms with Crippen molar-refractivity contribution in [2.24, 2.45) is 5.92 Å². The van der Waals surface area contributed by atoms with Gasteiger partial charge in [0.15, 0.2) is 0 Å². The number of terminal acetylenes is 1. The molecule has 6 nitrogen and oxygen atoms in total. The molecule has 40 heavy (non-hydrogen) atoms. The second-order valence-corrected chi connectivity index (χ2v) is 10.8. The highest BCUT2D eigenvalue weighted by atomic mass is 19.4. The molecule has 1 amide bonds. The summed E-state index contributed by atoms with van der Waals surface area (Å²) in [6.07, 6.45) is -7.57. The van der Waals surface area contributed by atoms with Crippen LogP contribution in [0.25, 0.3) is 0 Å². The van der Waals surface area contributed by atoms with Crippen molar-refractivity contribution in [2.75, 3.05) is 37.6 Å². The summed E-state index contributed by atoms with van der Waals surface area (Å²) in [6.45, 7) is 6.47. The lowest BCUT2D eigenvalue weighted by atomic mass is 9.84. The van der Waals surface area contributed by atoms with Crippen LogP contribution >= 0.6 is 0 Å². The van der Waals surface area contributed by atoms with E-state index in [0.29, 0.717) is 19.4 Å². The van der Waals surface area contributed by atoms with E-state index in [4.69, 9.17) is 6.42 Å². The van der Waals surface area contributed by atoms with Gasteiger partial charge in [0.25, 0.3) is 6.10 Å². The summed E-state index contributed by atoms with van der Waals surface area (Å²) >= 11 is 0. The molecule has 0 bridgehead atoms. The van der Waals surface area contributed by atoms with Crippen LogP contribution < -0.4 is 4.90 Å². The second kappa shape index (κ2) is 11.4. The van der Waals surface area contributed by atoms with Gasteiger partial charge < -0.3 is 19.6 Å². The summed E-state index contributed by atoms with van der Waals surface area (Å²) in [5.74, 6) is 2.92. The Kier molecular flexibility index (Phi) is 8.54. The molecule has 0 aromatic heterocycles. The van der Waals surface area contributed by atoms with Crippen LogP contribution in [0.2, 0.25) is 0 Å². The van der Waals surface area contributed by atoms with Crippen LogP contribution in [0, 0.1) is 18.3 Å². The van der Waals surface area contributed by atoms with Crippen molar-refractivity contribution in [3.8, 4) is 12.3 Å². The molecular weight excluding hydrogens is 540 g/mol. The van der Waals surface area contributed by atoms with Gasteiger partial charge in [0.2, 0.25) is 0 Å². The number of amides is 1. The zero-order valence-electron chi connectivity index (χ0n) is 22.0. The second-order valence-electron chi connectivity index (χ2n) is 10.8. The highest BCUT2D eigenvalue weighted by molar-refractivity contribution is 5.68. The Bertz CT molecular complexity index is 1120. The maximum Gasteiger partial charge on any atom is 0.434 e. The van der Waals surface area contributed by atoms with E-state index < -0.39 is 24.5 Å². The molecule has 1 aromatic carbocycles. The van der Waals surface area contributed by atoms with Crippen molar-refractivity contribution in [3.05, 3.63) is 41.7 Å². The highest BCUT2D eigenvalue weighted by Gasteiger charge is 2.60. The van der Waals surface area contributed by atoms with Crippen molar-refractivity contribution in [1.82, 2.24) is 9.80 Å². The number of hydrogen-bond donors (Lipinski definition) is 1. The summed E-state index contributed by atoms with van der Waals surface area (Å²) in [7, 11) is 0. The number of likely N-dealkylation sites (tertiary alicyclic amines) is 2. The number of allylic oxidation sites excluding steroid dienone is 1. The molecule has 3 aliphatic rings. The van der Waals surface area contributed by atoms with Gasteiger partial charge in [-0.3, -0.25) is 4.90 Å². The minimum Gasteiger partial charge on any atom is -0.513 e. The number of piperidine rings is 2. The third-order valence-electron chi connectivity index (χ3n) is 8.43. The number of anilines is 1. The predicted octanol–water partition coefficient (Wildman–Crippen LogP) is 6.02. The van der Waals surface area contributed by atoms with Gasteiger partial charge in [-0.15, -0.1) is 6.42 Å². The van der Waals surface area contributed by atoms with Gasteiger partial charge in [0.1, 0.15) is 0 Å². The molecule has 4 rings (SSSR count). The maximum absolute atomic E-state index is 12.9. The minimum absolute atomic E-state index is 0.000778. The van der Waals surface area contributed by atoms with Crippen LogP contribution in [0.15, 0.2) is 30.5 Å². The molecule has 3 heterocycles. The highest BCUT2D eigenvalue weighted by Crippen LogP contribution is 2.42. The van der Waals surface area contributed by atoms with E-state index in [1.807, 2.05) is 18.2 Å². The number of aliphatic hydroxyl groups excluding tert-OH is 1. The van der Waals surface area contributed by atoms with Crippen molar-refractivity contribution >= 4 is 11.8 Å². The first-order chi connectivity index (χ1) is 18.7. The standard InChI is InChI=1S/C28H33F6N3O3/c1-3-20-5-6-22(23(17-20)35-13-7-21(8-14-35)19(2)38)18-37-12-4-9-26(37)10-15-36(16-11-26)25(39)40-24(27(29,30)31)28(32,33)34/h1,5-6,17,21,24,38H,2,4,7-16,18H2. The predicted molar refractivity (Wildman–Crippen MR) is 137 cm³/mol. The lowest BCUT2D eigenvalue weighted by molar-refractivity contribution is -0.308. The summed E-state index contributed by atoms with van der Waals surface area (Å²) in [5.41, 5.74) is 2.48. The largest absolute Gasteiger partial charge is 0.513 e. The van der Waals surface area contributed by atoms with E-state index in [1.165, 1.54) is 0 Å². The number of halogens is 6. The first kappa shape index (κ1) is 29.9. The van der Waals surface area contributed by atoms with Gasteiger partial charge >= 0.3 is 18.4 Å². The van der Waals surface area contributed by atoms with Crippen molar-refractivity contribution in [3.63, 3.8) is 0 Å². The van der Waals surface area contributed by atoms with Crippen LogP contribution in [-0.4, -0.2) is 77.7 Å². The van der Waals surface area contributed by atoms with Crippen LogP contribution in [0.1, 0.15) is 49.7 Å². The molecule has 0 aliphatic carbocycles. The summed E-state index contributed by atoms with van der Waals surface area (Å²) in [4.78, 5) is 17.8. The fourth-order valence-corrected chi connectivity index (χ4v) is 6.15. The lowest BCUT2D eigenvalue weighted by Crippen LogP contribution is -2.54. The molecule has 0 radical (unpaired) electrons. The Morgan fingerprint density at radius 1 is 1.07 bits per heavy atom. The fraction of sp³-hybridized carbons (Fsp3) is 0.607. The van der Waals surface area contributed by atoms with Gasteiger partial charge in [-0.25, -0.2) is 4.79 Å². The molecule has 0 unspecified atom stereocenters. The Hall–Kier alpha value is -3.07. The number of rotatable bonds is 5. The smallest absolute Gasteiger partial charge is 0.434 e. The monoisotopic (exact) mass is 573 g/mol. The first-order valence-corrected chi connectivity index (χ1v) is 13.3. The Morgan fingerprint density at radius 3 is 2.25 bits per heavy atom. The van der Waals surface area contributed by atoms with E-state index >= 15 is 0 Å². The summed E-state index contributed by atoms with van der Waals surface area (Å²) in [6, 6.07) is 5.84. The zero-order chi connectivity index (χ0) is 29.3. The third-order valence-corrected chi connectivity index (χ3v) is 8.43. The molecule has 1 aromatic rings. The number of carbonyl (C=O) groups is 1. The van der Waals surface area contributed by atoms with E-state index in [2.05, 4.69) is 27.0 Å². The normalized spacial score (nSPS) is 20.6. The van der Waals surface area contributed by atoms with Crippen molar-refractivity contribution in [2.45, 2.75) is 69.1 Å². The van der Waals surface area contributed by atoms with Gasteiger partial charge in [-0.05, 0) is 62.8 Å². The minimum atomic E-state index is -5.75. The fourth-order valence-electron chi connectivity index (χ4n) is 6.15. The molecule has 1 spiro atoms. The molecule has 220 valence electrons. The molecule has 3 aliphatic heterocycles. The third kappa shape index (κ3) is 6.45. The lowest BCUT2D eigenvalue weighted by Gasteiger charge is -2.45. The molecule has 3 saturated heterocycles. The number of aliphatic hydroxyl groups is 1. The first-order valence-electron chi connectivity index (χ1n) is 13.3. The Labute approximate surface area is 229 Å². The van der Waals surface area contributed by atoms with Crippen molar-refractivity contribution in [1.29, 1.82) is 0 Å². The van der Waals surface area contributed by atoms with E-state index in [-0.39, 0.29) is 30.3 Å². The Balaban J connectivity index is 1.44. The Morgan fingerprint density at radius 2 is 1.70 bits per heavy atom. The SMILES string of the molecule is C#Cc1ccc(CN2CCCC23CCN(C(=O)OC(C(F)(F)F)C(F)(F)F)CC3)c(N2CCC(C(=C)O)CC2)c1. The van der Waals surface area contributed by atoms with Crippen LogP contribution in [0.5, 0.6) is 0 Å². The number of hydrogen-bond acceptors (Lipinski definition) is 5. The molecule has 0 atom stereocenters. The number of ether oxygens (including phenoxy) is 1. The quantitative estimate of drug-likeness (QED) is 0.266. The van der Waals surface area contributed by atoms with Gasteiger partial charge in [0.05, 0.1) is 5.76 Å². The van der Waals surface area contributed by atoms with E-state index in [0.717, 1.165) is 67.0 Å². The summed E-state index contributed by atoms with van der Waals surface area (Å²) < 4.78 is 81.1.